The first-order chi connectivity index (χ1) is 7.60. The fourth-order valence-corrected chi connectivity index (χ4v) is 3.32. The highest BCUT2D eigenvalue weighted by Gasteiger charge is 2.24. The Hall–Kier alpha value is -0.840. The van der Waals surface area contributed by atoms with E-state index in [0.29, 0.717) is 18.1 Å². The SMILES string of the molecule is O=S(=O)(c1cccc(Cl)c1)N1CC=CCC1. The van der Waals surface area contributed by atoms with Gasteiger partial charge >= 0.3 is 0 Å². The number of benzene rings is 1. The van der Waals surface area contributed by atoms with Crippen molar-refractivity contribution in [3.8, 4) is 0 Å². The third-order valence-electron chi connectivity index (χ3n) is 2.45. The van der Waals surface area contributed by atoms with Crippen LogP contribution in [0.25, 0.3) is 0 Å². The molecule has 0 radical (unpaired) electrons. The van der Waals surface area contributed by atoms with Crippen molar-refractivity contribution < 1.29 is 8.42 Å². The zero-order valence-corrected chi connectivity index (χ0v) is 10.2. The van der Waals surface area contributed by atoms with Crippen LogP contribution in [0.1, 0.15) is 6.42 Å². The number of halogens is 1. The van der Waals surface area contributed by atoms with Crippen molar-refractivity contribution in [3.05, 3.63) is 41.4 Å². The largest absolute Gasteiger partial charge is 0.243 e. The highest BCUT2D eigenvalue weighted by molar-refractivity contribution is 7.89. The second-order valence-electron chi connectivity index (χ2n) is 3.58. The van der Waals surface area contributed by atoms with E-state index in [1.165, 1.54) is 10.4 Å². The summed E-state index contributed by atoms with van der Waals surface area (Å²) in [5.74, 6) is 0. The van der Waals surface area contributed by atoms with Gasteiger partial charge in [-0.05, 0) is 24.6 Å². The van der Waals surface area contributed by atoms with Crippen LogP contribution in [0.4, 0.5) is 0 Å². The second kappa shape index (κ2) is 4.57. The van der Waals surface area contributed by atoms with E-state index in [1.807, 2.05) is 12.2 Å². The molecule has 0 aliphatic carbocycles. The summed E-state index contributed by atoms with van der Waals surface area (Å²) in [4.78, 5) is 0.260. The Labute approximate surface area is 100 Å². The minimum Gasteiger partial charge on any atom is -0.207 e. The Balaban J connectivity index is 2.35. The van der Waals surface area contributed by atoms with Gasteiger partial charge in [0.15, 0.2) is 0 Å². The van der Waals surface area contributed by atoms with Crippen LogP contribution >= 0.6 is 11.6 Å². The summed E-state index contributed by atoms with van der Waals surface area (Å²) in [7, 11) is -3.39. The molecule has 5 heteroatoms. The molecule has 0 N–H and O–H groups in total. The zero-order valence-electron chi connectivity index (χ0n) is 8.64. The van der Waals surface area contributed by atoms with E-state index in [0.717, 1.165) is 6.42 Å². The molecule has 0 aromatic heterocycles. The topological polar surface area (TPSA) is 37.4 Å². The summed E-state index contributed by atoms with van der Waals surface area (Å²) in [6.07, 6.45) is 4.62. The first-order valence-electron chi connectivity index (χ1n) is 5.01. The summed E-state index contributed by atoms with van der Waals surface area (Å²) in [6, 6.07) is 6.36. The van der Waals surface area contributed by atoms with E-state index < -0.39 is 10.0 Å². The van der Waals surface area contributed by atoms with Gasteiger partial charge in [0.2, 0.25) is 10.0 Å². The lowest BCUT2D eigenvalue weighted by Crippen LogP contribution is -2.33. The smallest absolute Gasteiger partial charge is 0.207 e. The van der Waals surface area contributed by atoms with Gasteiger partial charge < -0.3 is 0 Å². The van der Waals surface area contributed by atoms with E-state index in [4.69, 9.17) is 11.6 Å². The first kappa shape index (κ1) is 11.6. The van der Waals surface area contributed by atoms with Crippen LogP contribution in [0.3, 0.4) is 0 Å². The monoisotopic (exact) mass is 257 g/mol. The molecule has 16 heavy (non-hydrogen) atoms. The van der Waals surface area contributed by atoms with Crippen LogP contribution in [0.15, 0.2) is 41.3 Å². The molecule has 86 valence electrons. The van der Waals surface area contributed by atoms with Gasteiger partial charge in [0.1, 0.15) is 0 Å². The van der Waals surface area contributed by atoms with Gasteiger partial charge in [0, 0.05) is 18.1 Å². The molecule has 1 aromatic rings. The average molecular weight is 258 g/mol. The minimum atomic E-state index is -3.39. The summed E-state index contributed by atoms with van der Waals surface area (Å²) < 4.78 is 25.8. The summed E-state index contributed by atoms with van der Waals surface area (Å²) in [5.41, 5.74) is 0. The molecule has 1 aromatic carbocycles. The summed E-state index contributed by atoms with van der Waals surface area (Å²) in [6.45, 7) is 0.972. The highest BCUT2D eigenvalue weighted by atomic mass is 35.5. The molecule has 1 aliphatic rings. The Morgan fingerprint density at radius 3 is 2.69 bits per heavy atom. The predicted octanol–water partition coefficient (Wildman–Crippen LogP) is 2.29. The molecule has 0 unspecified atom stereocenters. The van der Waals surface area contributed by atoms with Crippen molar-refractivity contribution in [2.75, 3.05) is 13.1 Å². The Morgan fingerprint density at radius 1 is 1.25 bits per heavy atom. The Morgan fingerprint density at radius 2 is 2.06 bits per heavy atom. The lowest BCUT2D eigenvalue weighted by Gasteiger charge is -2.22. The molecule has 1 heterocycles. The second-order valence-corrected chi connectivity index (χ2v) is 5.95. The van der Waals surface area contributed by atoms with Crippen LogP contribution in [-0.4, -0.2) is 25.8 Å². The van der Waals surface area contributed by atoms with Crippen LogP contribution < -0.4 is 0 Å². The third-order valence-corrected chi connectivity index (χ3v) is 4.55. The van der Waals surface area contributed by atoms with Gasteiger partial charge in [-0.15, -0.1) is 0 Å². The molecule has 1 aliphatic heterocycles. The van der Waals surface area contributed by atoms with Crippen molar-refractivity contribution in [2.24, 2.45) is 0 Å². The normalized spacial score (nSPS) is 17.6. The Bertz CT molecular complexity index is 510. The van der Waals surface area contributed by atoms with Gasteiger partial charge in [-0.1, -0.05) is 29.8 Å². The van der Waals surface area contributed by atoms with Crippen molar-refractivity contribution in [1.82, 2.24) is 4.31 Å². The number of hydrogen-bond donors (Lipinski definition) is 0. The maximum Gasteiger partial charge on any atom is 0.243 e. The standard InChI is InChI=1S/C11H12ClNO2S/c12-10-5-4-6-11(9-10)16(14,15)13-7-2-1-3-8-13/h1-2,4-6,9H,3,7-8H2. The van der Waals surface area contributed by atoms with Gasteiger partial charge in [0.25, 0.3) is 0 Å². The molecular weight excluding hydrogens is 246 g/mol. The lowest BCUT2D eigenvalue weighted by atomic mass is 10.3. The van der Waals surface area contributed by atoms with Crippen LogP contribution in [0.2, 0.25) is 5.02 Å². The van der Waals surface area contributed by atoms with E-state index in [9.17, 15) is 8.42 Å². The molecule has 0 fully saturated rings. The van der Waals surface area contributed by atoms with E-state index >= 15 is 0 Å². The quantitative estimate of drug-likeness (QED) is 0.763. The number of hydrogen-bond acceptors (Lipinski definition) is 2. The molecule has 0 saturated heterocycles. The molecule has 0 atom stereocenters. The van der Waals surface area contributed by atoms with E-state index in [-0.39, 0.29) is 4.90 Å². The molecule has 0 spiro atoms. The molecule has 2 rings (SSSR count). The van der Waals surface area contributed by atoms with Crippen LogP contribution in [-0.2, 0) is 10.0 Å². The molecule has 0 bridgehead atoms. The highest BCUT2D eigenvalue weighted by Crippen LogP contribution is 2.20. The molecule has 0 amide bonds. The maximum absolute atomic E-state index is 12.2. The molecular formula is C11H12ClNO2S. The van der Waals surface area contributed by atoms with Crippen molar-refractivity contribution in [2.45, 2.75) is 11.3 Å². The van der Waals surface area contributed by atoms with Gasteiger partial charge in [-0.2, -0.15) is 4.31 Å². The molecule has 0 saturated carbocycles. The average Bonchev–Trinajstić information content (AvgIpc) is 2.30. The van der Waals surface area contributed by atoms with Gasteiger partial charge in [0.05, 0.1) is 4.90 Å². The Kier molecular flexibility index (Phi) is 3.33. The minimum absolute atomic E-state index is 0.260. The maximum atomic E-state index is 12.2. The number of rotatable bonds is 2. The van der Waals surface area contributed by atoms with Gasteiger partial charge in [-0.3, -0.25) is 0 Å². The zero-order chi connectivity index (χ0) is 11.6. The lowest BCUT2D eigenvalue weighted by molar-refractivity contribution is 0.437. The van der Waals surface area contributed by atoms with Crippen LogP contribution in [0.5, 0.6) is 0 Å². The number of sulfonamides is 1. The fraction of sp³-hybridized carbons (Fsp3) is 0.273. The van der Waals surface area contributed by atoms with Gasteiger partial charge in [-0.25, -0.2) is 8.42 Å². The fourth-order valence-electron chi connectivity index (χ4n) is 1.61. The first-order valence-corrected chi connectivity index (χ1v) is 6.83. The number of nitrogens with zero attached hydrogens (tertiary/aromatic N) is 1. The predicted molar refractivity (Wildman–Crippen MR) is 64.0 cm³/mol. The van der Waals surface area contributed by atoms with Crippen LogP contribution in [0, 0.1) is 0 Å². The van der Waals surface area contributed by atoms with Crippen molar-refractivity contribution >= 4 is 21.6 Å². The van der Waals surface area contributed by atoms with Crippen molar-refractivity contribution in [3.63, 3.8) is 0 Å². The summed E-state index contributed by atoms with van der Waals surface area (Å²) in [5, 5.41) is 0.439. The summed E-state index contributed by atoms with van der Waals surface area (Å²) >= 11 is 5.79. The third kappa shape index (κ3) is 2.29. The van der Waals surface area contributed by atoms with Crippen molar-refractivity contribution in [1.29, 1.82) is 0 Å². The van der Waals surface area contributed by atoms with E-state index in [2.05, 4.69) is 0 Å². The van der Waals surface area contributed by atoms with E-state index in [1.54, 1.807) is 18.2 Å². The molecule has 3 nitrogen and oxygen atoms in total.